The molecule has 0 amide bonds. The number of imidazole rings is 2. The number of para-hydroxylation sites is 5. The van der Waals surface area contributed by atoms with Crippen molar-refractivity contribution in [3.05, 3.63) is 224 Å². The molecular formula is C57H37N5. The standard InChI is InChI=1S/C57H37N5/c1-5-17-38(18-6-1)56-55(41-31-33-51-48(35-41)46-26-14-16-28-50(46)59(51)42-19-7-2-8-20-42)58-57-61(44-23-11-4-12-24-44)52-34-30-40(37-54(52)62(56)57)39-29-32-47-45-25-13-15-27-49(45)60(53(47)36-39)43-21-9-3-10-22-43/h1-37H. The van der Waals surface area contributed by atoms with E-state index in [1.807, 2.05) is 0 Å². The van der Waals surface area contributed by atoms with Gasteiger partial charge in [0, 0.05) is 49.7 Å². The van der Waals surface area contributed by atoms with Crippen LogP contribution in [-0.4, -0.2) is 23.1 Å². The lowest BCUT2D eigenvalue weighted by atomic mass is 10.0. The van der Waals surface area contributed by atoms with Crippen molar-refractivity contribution >= 4 is 60.4 Å². The van der Waals surface area contributed by atoms with E-state index in [-0.39, 0.29) is 0 Å². The van der Waals surface area contributed by atoms with Crippen molar-refractivity contribution in [2.75, 3.05) is 0 Å². The van der Waals surface area contributed by atoms with Crippen molar-refractivity contribution in [2.45, 2.75) is 0 Å². The van der Waals surface area contributed by atoms with Crippen molar-refractivity contribution in [1.82, 2.24) is 23.1 Å². The van der Waals surface area contributed by atoms with Crippen LogP contribution in [0.4, 0.5) is 0 Å². The van der Waals surface area contributed by atoms with E-state index in [4.69, 9.17) is 4.98 Å². The predicted octanol–water partition coefficient (Wildman–Crippen LogP) is 14.5. The second kappa shape index (κ2) is 13.6. The third-order valence-corrected chi connectivity index (χ3v) is 12.6. The second-order valence-corrected chi connectivity index (χ2v) is 16.0. The molecule has 0 atom stereocenters. The van der Waals surface area contributed by atoms with Gasteiger partial charge in [0.05, 0.1) is 44.5 Å². The Kier molecular flexibility index (Phi) is 7.54. The third-order valence-electron chi connectivity index (χ3n) is 12.6. The van der Waals surface area contributed by atoms with E-state index < -0.39 is 0 Å². The Morgan fingerprint density at radius 1 is 0.274 bits per heavy atom. The molecule has 0 saturated heterocycles. The lowest BCUT2D eigenvalue weighted by molar-refractivity contribution is 1.10. The highest BCUT2D eigenvalue weighted by molar-refractivity contribution is 6.12. The largest absolute Gasteiger partial charge is 0.309 e. The molecule has 0 aliphatic rings. The first kappa shape index (κ1) is 34.5. The molecule has 5 heteroatoms. The summed E-state index contributed by atoms with van der Waals surface area (Å²) in [5, 5.41) is 4.89. The molecule has 0 unspecified atom stereocenters. The predicted molar refractivity (Wildman–Crippen MR) is 257 cm³/mol. The normalized spacial score (nSPS) is 11.9. The van der Waals surface area contributed by atoms with E-state index in [1.165, 1.54) is 43.6 Å². The van der Waals surface area contributed by atoms with Gasteiger partial charge in [0.2, 0.25) is 5.78 Å². The van der Waals surface area contributed by atoms with Gasteiger partial charge < -0.3 is 9.13 Å². The van der Waals surface area contributed by atoms with E-state index in [2.05, 4.69) is 243 Å². The summed E-state index contributed by atoms with van der Waals surface area (Å²) in [5.74, 6) is 0.865. The summed E-state index contributed by atoms with van der Waals surface area (Å²) in [6.07, 6.45) is 0. The van der Waals surface area contributed by atoms with Crippen LogP contribution in [0.3, 0.4) is 0 Å². The summed E-state index contributed by atoms with van der Waals surface area (Å²) in [6.45, 7) is 0. The maximum absolute atomic E-state index is 5.65. The van der Waals surface area contributed by atoms with Crippen LogP contribution in [0.1, 0.15) is 0 Å². The Morgan fingerprint density at radius 2 is 0.726 bits per heavy atom. The van der Waals surface area contributed by atoms with Crippen LogP contribution in [0, 0.1) is 0 Å². The molecule has 4 heterocycles. The summed E-state index contributed by atoms with van der Waals surface area (Å²) in [7, 11) is 0. The summed E-state index contributed by atoms with van der Waals surface area (Å²) in [5.41, 5.74) is 16.7. The highest BCUT2D eigenvalue weighted by atomic mass is 15.2. The molecule has 0 spiro atoms. The monoisotopic (exact) mass is 791 g/mol. The minimum absolute atomic E-state index is 0.865. The van der Waals surface area contributed by atoms with Crippen molar-refractivity contribution < 1.29 is 0 Å². The molecule has 4 aromatic heterocycles. The van der Waals surface area contributed by atoms with Gasteiger partial charge >= 0.3 is 0 Å². The van der Waals surface area contributed by atoms with Gasteiger partial charge in [-0.15, -0.1) is 0 Å². The second-order valence-electron chi connectivity index (χ2n) is 16.0. The average molecular weight is 792 g/mol. The van der Waals surface area contributed by atoms with E-state index >= 15 is 0 Å². The third kappa shape index (κ3) is 5.12. The lowest BCUT2D eigenvalue weighted by Crippen LogP contribution is -1.95. The van der Waals surface area contributed by atoms with Crippen molar-refractivity contribution in [3.63, 3.8) is 0 Å². The van der Waals surface area contributed by atoms with Gasteiger partial charge in [0.1, 0.15) is 0 Å². The van der Waals surface area contributed by atoms with Crippen LogP contribution in [-0.2, 0) is 0 Å². The summed E-state index contributed by atoms with van der Waals surface area (Å²) < 4.78 is 9.45. The summed E-state index contributed by atoms with van der Waals surface area (Å²) in [4.78, 5) is 5.65. The van der Waals surface area contributed by atoms with Gasteiger partial charge in [-0.25, -0.2) is 4.98 Å². The van der Waals surface area contributed by atoms with Crippen LogP contribution in [0.25, 0.3) is 111 Å². The fourth-order valence-electron chi connectivity index (χ4n) is 9.84. The van der Waals surface area contributed by atoms with Gasteiger partial charge in [0.15, 0.2) is 0 Å². The van der Waals surface area contributed by atoms with Gasteiger partial charge in [-0.2, -0.15) is 0 Å². The number of benzene rings is 9. The first-order valence-corrected chi connectivity index (χ1v) is 21.1. The minimum atomic E-state index is 0.865. The molecule has 0 aliphatic heterocycles. The smallest absolute Gasteiger partial charge is 0.220 e. The lowest BCUT2D eigenvalue weighted by Gasteiger charge is -2.10. The number of fused-ring (bicyclic) bond motifs is 9. The van der Waals surface area contributed by atoms with Gasteiger partial charge in [-0.3, -0.25) is 8.97 Å². The maximum Gasteiger partial charge on any atom is 0.220 e. The zero-order chi connectivity index (χ0) is 40.7. The molecule has 0 aliphatic carbocycles. The number of hydrogen-bond acceptors (Lipinski definition) is 1. The molecule has 5 nitrogen and oxygen atoms in total. The molecule has 0 saturated carbocycles. The quantitative estimate of drug-likeness (QED) is 0.165. The average Bonchev–Trinajstić information content (AvgIpc) is 4.08. The Balaban J connectivity index is 1.08. The summed E-state index contributed by atoms with van der Waals surface area (Å²) in [6, 6.07) is 80.8. The van der Waals surface area contributed by atoms with Crippen LogP contribution >= 0.6 is 0 Å². The van der Waals surface area contributed by atoms with E-state index in [9.17, 15) is 0 Å². The Labute approximate surface area is 357 Å². The van der Waals surface area contributed by atoms with Crippen molar-refractivity contribution in [2.24, 2.45) is 0 Å². The van der Waals surface area contributed by atoms with Gasteiger partial charge in [-0.05, 0) is 90.0 Å². The molecule has 0 bridgehead atoms. The number of nitrogens with zero attached hydrogens (tertiary/aromatic N) is 5. The highest BCUT2D eigenvalue weighted by Crippen LogP contribution is 2.42. The zero-order valence-corrected chi connectivity index (χ0v) is 33.6. The molecule has 13 rings (SSSR count). The number of aromatic nitrogens is 5. The van der Waals surface area contributed by atoms with E-state index in [0.717, 1.165) is 67.5 Å². The minimum Gasteiger partial charge on any atom is -0.309 e. The Bertz CT molecular complexity index is 3830. The molecule has 62 heavy (non-hydrogen) atoms. The molecule has 290 valence electrons. The zero-order valence-electron chi connectivity index (χ0n) is 33.6. The molecule has 0 radical (unpaired) electrons. The van der Waals surface area contributed by atoms with Crippen LogP contribution < -0.4 is 0 Å². The first-order chi connectivity index (χ1) is 30.8. The molecule has 13 aromatic rings. The van der Waals surface area contributed by atoms with Crippen LogP contribution in [0.2, 0.25) is 0 Å². The molecule has 0 N–H and O–H groups in total. The topological polar surface area (TPSA) is 32.1 Å². The van der Waals surface area contributed by atoms with Gasteiger partial charge in [0.25, 0.3) is 0 Å². The fourth-order valence-corrected chi connectivity index (χ4v) is 9.84. The van der Waals surface area contributed by atoms with Crippen molar-refractivity contribution in [3.8, 4) is 50.7 Å². The number of hydrogen-bond donors (Lipinski definition) is 0. The van der Waals surface area contributed by atoms with Crippen molar-refractivity contribution in [1.29, 1.82) is 0 Å². The Hall–Kier alpha value is -8.41. The van der Waals surface area contributed by atoms with E-state index in [0.29, 0.717) is 0 Å². The van der Waals surface area contributed by atoms with Crippen LogP contribution in [0.15, 0.2) is 224 Å². The SMILES string of the molecule is c1ccc(-c2c(-c3ccc4c(c3)c3ccccc3n4-c3ccccc3)nc3n(-c4ccccc4)c4ccc(-c5ccc6c7ccccc7n(-c7ccccc7)c6c5)cc4n23)cc1. The fraction of sp³-hybridized carbons (Fsp3) is 0. The molecule has 9 aromatic carbocycles. The van der Waals surface area contributed by atoms with Crippen LogP contribution in [0.5, 0.6) is 0 Å². The number of rotatable bonds is 6. The Morgan fingerprint density at radius 3 is 1.37 bits per heavy atom. The van der Waals surface area contributed by atoms with E-state index in [1.54, 1.807) is 0 Å². The highest BCUT2D eigenvalue weighted by Gasteiger charge is 2.25. The molecular weight excluding hydrogens is 755 g/mol. The van der Waals surface area contributed by atoms with Gasteiger partial charge in [-0.1, -0.05) is 146 Å². The summed E-state index contributed by atoms with van der Waals surface area (Å²) >= 11 is 0. The maximum atomic E-state index is 5.65. The molecule has 0 fully saturated rings. The first-order valence-electron chi connectivity index (χ1n) is 21.1.